The van der Waals surface area contributed by atoms with Crippen LogP contribution in [-0.4, -0.2) is 58.9 Å². The molecule has 2 amide bonds. The summed E-state index contributed by atoms with van der Waals surface area (Å²) in [4.78, 5) is 31.0. The molecule has 0 bridgehead atoms. The lowest BCUT2D eigenvalue weighted by atomic mass is 10.0. The maximum absolute atomic E-state index is 12.4. The highest BCUT2D eigenvalue weighted by atomic mass is 16.6. The number of methoxy groups -OCH3 is 1. The van der Waals surface area contributed by atoms with E-state index < -0.39 is 11.5 Å². The molecule has 0 spiro atoms. The van der Waals surface area contributed by atoms with Crippen molar-refractivity contribution in [3.63, 3.8) is 0 Å². The number of carbonyl (C=O) groups excluding carboxylic acids is 2. The lowest BCUT2D eigenvalue weighted by Gasteiger charge is -2.33. The van der Waals surface area contributed by atoms with Gasteiger partial charge in [0.25, 0.3) is 5.91 Å². The quantitative estimate of drug-likeness (QED) is 0.360. The molecule has 1 aliphatic heterocycles. The number of hydrogen-bond donors (Lipinski definition) is 3. The Labute approximate surface area is 234 Å². The summed E-state index contributed by atoms with van der Waals surface area (Å²) in [6, 6.07) is 9.18. The minimum absolute atomic E-state index is 0.0936. The molecule has 0 atom stereocenters. The summed E-state index contributed by atoms with van der Waals surface area (Å²) in [5.74, 6) is 0.380. The predicted octanol–water partition coefficient (Wildman–Crippen LogP) is 4.92. The van der Waals surface area contributed by atoms with Crippen molar-refractivity contribution in [2.75, 3.05) is 25.5 Å². The summed E-state index contributed by atoms with van der Waals surface area (Å²) < 4.78 is 17.5. The molecule has 2 aromatic carbocycles. The van der Waals surface area contributed by atoms with Gasteiger partial charge in [0.1, 0.15) is 11.7 Å². The molecule has 0 unspecified atom stereocenters. The molecule has 3 aromatic rings. The number of benzene rings is 2. The topological polar surface area (TPSA) is 136 Å². The third-order valence-corrected chi connectivity index (χ3v) is 6.86. The van der Waals surface area contributed by atoms with Gasteiger partial charge in [-0.3, -0.25) is 9.78 Å². The lowest BCUT2D eigenvalue weighted by Crippen LogP contribution is -2.44. The van der Waals surface area contributed by atoms with Gasteiger partial charge < -0.3 is 35.3 Å². The van der Waals surface area contributed by atoms with Gasteiger partial charge in [-0.25, -0.2) is 4.79 Å². The summed E-state index contributed by atoms with van der Waals surface area (Å²) in [5, 5.41) is 13.8. The summed E-state index contributed by atoms with van der Waals surface area (Å²) in [5.41, 5.74) is 9.01. The number of aliphatic hydroxyl groups is 1. The van der Waals surface area contributed by atoms with Gasteiger partial charge in [0, 0.05) is 49.3 Å². The number of likely N-dealkylation sites (tertiary alicyclic amines) is 1. The average Bonchev–Trinajstić information content (AvgIpc) is 2.91. The minimum Gasteiger partial charge on any atom is -0.493 e. The van der Waals surface area contributed by atoms with Crippen LogP contribution in [0.25, 0.3) is 10.9 Å². The van der Waals surface area contributed by atoms with Gasteiger partial charge in [-0.2, -0.15) is 0 Å². The number of nitrogens with two attached hydrogens (primary N) is 1. The Balaban J connectivity index is 1.63. The molecule has 214 valence electrons. The molecular weight excluding hydrogens is 512 g/mol. The zero-order valence-corrected chi connectivity index (χ0v) is 23.7. The van der Waals surface area contributed by atoms with Gasteiger partial charge in [0.05, 0.1) is 30.5 Å². The Bertz CT molecular complexity index is 1390. The summed E-state index contributed by atoms with van der Waals surface area (Å²) in [7, 11) is 1.55. The second-order valence-corrected chi connectivity index (χ2v) is 10.8. The number of ether oxygens (including phenoxy) is 3. The van der Waals surface area contributed by atoms with E-state index in [0.717, 1.165) is 16.8 Å². The van der Waals surface area contributed by atoms with Crippen LogP contribution in [0, 0.1) is 0 Å². The largest absolute Gasteiger partial charge is 0.493 e. The fraction of sp³-hybridized carbons (Fsp3) is 0.433. The molecule has 0 radical (unpaired) electrons. The second-order valence-electron chi connectivity index (χ2n) is 10.8. The van der Waals surface area contributed by atoms with E-state index in [0.29, 0.717) is 60.4 Å². The van der Waals surface area contributed by atoms with Gasteiger partial charge in [-0.1, -0.05) is 19.1 Å². The fourth-order valence-electron chi connectivity index (χ4n) is 4.89. The number of aliphatic hydroxyl groups excluding tert-OH is 1. The van der Waals surface area contributed by atoms with Crippen LogP contribution < -0.4 is 20.5 Å². The van der Waals surface area contributed by atoms with Crippen LogP contribution in [0.5, 0.6) is 11.5 Å². The van der Waals surface area contributed by atoms with E-state index in [9.17, 15) is 14.7 Å². The Morgan fingerprint density at radius 2 is 1.90 bits per heavy atom. The molecule has 0 aliphatic carbocycles. The number of primary amides is 1. The number of nitrogens with one attached hydrogen (secondary N) is 1. The second kappa shape index (κ2) is 12.0. The van der Waals surface area contributed by atoms with Crippen molar-refractivity contribution >= 4 is 34.3 Å². The van der Waals surface area contributed by atoms with Gasteiger partial charge in [0.2, 0.25) is 0 Å². The molecule has 1 fully saturated rings. The first kappa shape index (κ1) is 28.9. The number of aromatic nitrogens is 1. The van der Waals surface area contributed by atoms with Crippen molar-refractivity contribution < 1.29 is 28.9 Å². The van der Waals surface area contributed by atoms with Crippen molar-refractivity contribution in [3.05, 3.63) is 53.2 Å². The molecule has 1 aliphatic rings. The molecule has 40 heavy (non-hydrogen) atoms. The zero-order valence-electron chi connectivity index (χ0n) is 23.7. The van der Waals surface area contributed by atoms with Crippen LogP contribution in [0.2, 0.25) is 0 Å². The zero-order chi connectivity index (χ0) is 29.0. The number of pyridine rings is 1. The molecule has 4 N–H and O–H groups in total. The van der Waals surface area contributed by atoms with Crippen molar-refractivity contribution in [2.24, 2.45) is 5.73 Å². The van der Waals surface area contributed by atoms with Crippen LogP contribution in [0.15, 0.2) is 36.5 Å². The number of fused-ring (bicyclic) bond motifs is 1. The number of carbonyl (C=O) groups is 2. The highest BCUT2D eigenvalue weighted by Gasteiger charge is 2.28. The average molecular weight is 551 g/mol. The van der Waals surface area contributed by atoms with Gasteiger partial charge in [0.15, 0.2) is 11.5 Å². The normalized spacial score (nSPS) is 14.2. The fourth-order valence-corrected chi connectivity index (χ4v) is 4.89. The van der Waals surface area contributed by atoms with E-state index in [2.05, 4.69) is 10.3 Å². The molecule has 4 rings (SSSR count). The Morgan fingerprint density at radius 1 is 1.18 bits per heavy atom. The van der Waals surface area contributed by atoms with Crippen LogP contribution in [0.4, 0.5) is 16.2 Å². The van der Waals surface area contributed by atoms with Crippen LogP contribution >= 0.6 is 0 Å². The maximum Gasteiger partial charge on any atom is 0.410 e. The number of hydrogen-bond acceptors (Lipinski definition) is 8. The Hall–Kier alpha value is -4.05. The number of rotatable bonds is 8. The number of piperidine rings is 1. The first-order chi connectivity index (χ1) is 19.0. The molecule has 0 saturated carbocycles. The van der Waals surface area contributed by atoms with E-state index in [1.165, 1.54) is 6.20 Å². The summed E-state index contributed by atoms with van der Waals surface area (Å²) >= 11 is 0. The predicted molar refractivity (Wildman–Crippen MR) is 153 cm³/mol. The lowest BCUT2D eigenvalue weighted by molar-refractivity contribution is 0.0124. The Kier molecular flexibility index (Phi) is 8.68. The van der Waals surface area contributed by atoms with Gasteiger partial charge >= 0.3 is 6.09 Å². The van der Waals surface area contributed by atoms with E-state index in [4.69, 9.17) is 19.9 Å². The van der Waals surface area contributed by atoms with Crippen molar-refractivity contribution in [3.8, 4) is 11.5 Å². The molecule has 10 heteroatoms. The van der Waals surface area contributed by atoms with E-state index in [-0.39, 0.29) is 24.4 Å². The smallest absolute Gasteiger partial charge is 0.410 e. The van der Waals surface area contributed by atoms with E-state index in [1.54, 1.807) is 24.1 Å². The molecule has 1 aromatic heterocycles. The molecule has 2 heterocycles. The van der Waals surface area contributed by atoms with Crippen molar-refractivity contribution in [1.29, 1.82) is 0 Å². The highest BCUT2D eigenvalue weighted by Crippen LogP contribution is 2.39. The Morgan fingerprint density at radius 3 is 2.50 bits per heavy atom. The van der Waals surface area contributed by atoms with Crippen molar-refractivity contribution in [2.45, 2.75) is 65.3 Å². The third kappa shape index (κ3) is 6.39. The van der Waals surface area contributed by atoms with Crippen molar-refractivity contribution in [1.82, 2.24) is 9.88 Å². The molecular formula is C30H38N4O6. The third-order valence-electron chi connectivity index (χ3n) is 6.86. The minimum atomic E-state index is -0.621. The maximum atomic E-state index is 12.4. The first-order valence-corrected chi connectivity index (χ1v) is 13.5. The van der Waals surface area contributed by atoms with E-state index >= 15 is 0 Å². The van der Waals surface area contributed by atoms with Gasteiger partial charge in [-0.15, -0.1) is 0 Å². The molecule has 1 saturated heterocycles. The summed E-state index contributed by atoms with van der Waals surface area (Å²) in [6.45, 7) is 8.51. The van der Waals surface area contributed by atoms with Gasteiger partial charge in [-0.05, 0) is 50.5 Å². The molecule has 10 nitrogen and oxygen atoms in total. The van der Waals surface area contributed by atoms with Crippen LogP contribution in [0.1, 0.15) is 62.0 Å². The number of amides is 2. The first-order valence-electron chi connectivity index (χ1n) is 13.5. The van der Waals surface area contributed by atoms with E-state index in [1.807, 2.05) is 45.9 Å². The van der Waals surface area contributed by atoms with Crippen LogP contribution in [-0.2, 0) is 17.8 Å². The monoisotopic (exact) mass is 550 g/mol. The van der Waals surface area contributed by atoms with Crippen LogP contribution in [0.3, 0.4) is 0 Å². The number of nitrogens with zero attached hydrogens (tertiary/aromatic N) is 2. The summed E-state index contributed by atoms with van der Waals surface area (Å²) in [6.07, 6.45) is 2.97. The SMILES string of the molecule is CCc1c(CO)cccc1Nc1c(C(N)=O)cnc2cc(OC3CCN(C(=O)OC(C)(C)C)CC3)c(OC)cc12. The number of anilines is 2. The highest BCUT2D eigenvalue weighted by molar-refractivity contribution is 6.08. The standard InChI is InChI=1S/C30H38N4O6/c1-6-20-18(17-35)8-7-9-23(20)33-27-21-14-25(38-5)26(15-24(21)32-16-22(27)28(31)36)39-19-10-12-34(13-11-19)29(37)40-30(2,3)4/h7-9,14-16,19,35H,6,10-13,17H2,1-5H3,(H2,31,36)(H,32,33).